The van der Waals surface area contributed by atoms with Gasteiger partial charge >= 0.3 is 0 Å². The SMILES string of the molecule is COc1ccc(CC(C)Nc2ccc(C#N)cc2F)cc1. The second-order valence-electron chi connectivity index (χ2n) is 4.90. The van der Waals surface area contributed by atoms with Crippen LogP contribution in [0.4, 0.5) is 10.1 Å². The zero-order chi connectivity index (χ0) is 15.2. The van der Waals surface area contributed by atoms with E-state index in [1.807, 2.05) is 37.3 Å². The maximum absolute atomic E-state index is 13.8. The van der Waals surface area contributed by atoms with E-state index < -0.39 is 5.82 Å². The summed E-state index contributed by atoms with van der Waals surface area (Å²) < 4.78 is 18.9. The fraction of sp³-hybridized carbons (Fsp3) is 0.235. The number of ether oxygens (including phenoxy) is 1. The Morgan fingerprint density at radius 1 is 1.24 bits per heavy atom. The third kappa shape index (κ3) is 3.96. The van der Waals surface area contributed by atoms with Gasteiger partial charge in [-0.05, 0) is 49.2 Å². The Hall–Kier alpha value is -2.54. The number of anilines is 1. The zero-order valence-corrected chi connectivity index (χ0v) is 12.1. The third-order valence-electron chi connectivity index (χ3n) is 3.20. The van der Waals surface area contributed by atoms with Crippen LogP contribution < -0.4 is 10.1 Å². The van der Waals surface area contributed by atoms with E-state index in [9.17, 15) is 4.39 Å². The van der Waals surface area contributed by atoms with Gasteiger partial charge in [0.1, 0.15) is 11.6 Å². The van der Waals surface area contributed by atoms with E-state index in [1.165, 1.54) is 6.07 Å². The number of hydrogen-bond acceptors (Lipinski definition) is 3. The molecule has 0 spiro atoms. The minimum absolute atomic E-state index is 0.0702. The molecule has 1 atom stereocenters. The minimum atomic E-state index is -0.407. The lowest BCUT2D eigenvalue weighted by Crippen LogP contribution is -2.18. The summed E-state index contributed by atoms with van der Waals surface area (Å²) in [7, 11) is 1.63. The van der Waals surface area contributed by atoms with Crippen molar-refractivity contribution in [1.29, 1.82) is 5.26 Å². The Morgan fingerprint density at radius 3 is 2.52 bits per heavy atom. The Kier molecular flexibility index (Phi) is 4.78. The molecule has 2 aromatic rings. The first-order valence-electron chi connectivity index (χ1n) is 6.71. The summed E-state index contributed by atoms with van der Waals surface area (Å²) in [5.74, 6) is 0.410. The van der Waals surface area contributed by atoms with Gasteiger partial charge in [-0.25, -0.2) is 4.39 Å². The van der Waals surface area contributed by atoms with Gasteiger partial charge in [-0.15, -0.1) is 0 Å². The molecule has 0 bridgehead atoms. The van der Waals surface area contributed by atoms with Gasteiger partial charge in [0.05, 0.1) is 24.4 Å². The van der Waals surface area contributed by atoms with Gasteiger partial charge in [-0.3, -0.25) is 0 Å². The molecule has 0 radical (unpaired) electrons. The Morgan fingerprint density at radius 2 is 1.95 bits per heavy atom. The normalized spacial score (nSPS) is 11.5. The molecule has 0 fully saturated rings. The van der Waals surface area contributed by atoms with Crippen LogP contribution in [0.1, 0.15) is 18.1 Å². The highest BCUT2D eigenvalue weighted by molar-refractivity contribution is 5.49. The lowest BCUT2D eigenvalue weighted by atomic mass is 10.1. The fourth-order valence-corrected chi connectivity index (χ4v) is 2.13. The predicted molar refractivity (Wildman–Crippen MR) is 80.9 cm³/mol. The molecule has 3 nitrogen and oxygen atoms in total. The van der Waals surface area contributed by atoms with E-state index >= 15 is 0 Å². The van der Waals surface area contributed by atoms with Crippen LogP contribution >= 0.6 is 0 Å². The number of nitrogens with one attached hydrogen (secondary N) is 1. The summed E-state index contributed by atoms with van der Waals surface area (Å²) in [4.78, 5) is 0. The largest absolute Gasteiger partial charge is 0.497 e. The average Bonchev–Trinajstić information content (AvgIpc) is 2.50. The van der Waals surface area contributed by atoms with Crippen LogP contribution in [0.5, 0.6) is 5.75 Å². The number of methoxy groups -OCH3 is 1. The van der Waals surface area contributed by atoms with E-state index in [2.05, 4.69) is 5.32 Å². The van der Waals surface area contributed by atoms with Gasteiger partial charge < -0.3 is 10.1 Å². The first-order valence-corrected chi connectivity index (χ1v) is 6.71. The topological polar surface area (TPSA) is 45.0 Å². The lowest BCUT2D eigenvalue weighted by Gasteiger charge is -2.16. The number of hydrogen-bond donors (Lipinski definition) is 1. The number of benzene rings is 2. The van der Waals surface area contributed by atoms with Gasteiger partial charge in [-0.1, -0.05) is 12.1 Å². The van der Waals surface area contributed by atoms with Gasteiger partial charge in [0.25, 0.3) is 0 Å². The van der Waals surface area contributed by atoms with Crippen molar-refractivity contribution in [3.63, 3.8) is 0 Å². The van der Waals surface area contributed by atoms with E-state index in [1.54, 1.807) is 19.2 Å². The first kappa shape index (κ1) is 14.9. The van der Waals surface area contributed by atoms with Crippen molar-refractivity contribution in [1.82, 2.24) is 0 Å². The van der Waals surface area contributed by atoms with E-state index in [0.29, 0.717) is 11.3 Å². The van der Waals surface area contributed by atoms with E-state index in [0.717, 1.165) is 17.7 Å². The third-order valence-corrected chi connectivity index (χ3v) is 3.20. The van der Waals surface area contributed by atoms with Crippen LogP contribution in [0.15, 0.2) is 42.5 Å². The van der Waals surface area contributed by atoms with Crippen molar-refractivity contribution in [3.8, 4) is 11.8 Å². The molecule has 0 heterocycles. The molecule has 2 rings (SSSR count). The summed E-state index contributed by atoms with van der Waals surface area (Å²) in [6, 6.07) is 14.2. The summed E-state index contributed by atoms with van der Waals surface area (Å²) >= 11 is 0. The lowest BCUT2D eigenvalue weighted by molar-refractivity contribution is 0.414. The molecule has 2 aromatic carbocycles. The molecule has 0 aromatic heterocycles. The average molecular weight is 284 g/mol. The maximum Gasteiger partial charge on any atom is 0.147 e. The Labute approximate surface area is 124 Å². The monoisotopic (exact) mass is 284 g/mol. The highest BCUT2D eigenvalue weighted by Crippen LogP contribution is 2.18. The van der Waals surface area contributed by atoms with Gasteiger partial charge in [-0.2, -0.15) is 5.26 Å². The van der Waals surface area contributed by atoms with Gasteiger partial charge in [0, 0.05) is 6.04 Å². The zero-order valence-electron chi connectivity index (χ0n) is 12.1. The molecule has 4 heteroatoms. The van der Waals surface area contributed by atoms with E-state index in [-0.39, 0.29) is 6.04 Å². The number of halogens is 1. The number of rotatable bonds is 5. The summed E-state index contributed by atoms with van der Waals surface area (Å²) in [5.41, 5.74) is 1.88. The van der Waals surface area contributed by atoms with Crippen LogP contribution in [-0.2, 0) is 6.42 Å². The first-order chi connectivity index (χ1) is 10.1. The highest BCUT2D eigenvalue weighted by atomic mass is 19.1. The molecule has 0 saturated heterocycles. The van der Waals surface area contributed by atoms with Crippen molar-refractivity contribution < 1.29 is 9.13 Å². The molecule has 0 saturated carbocycles. The van der Waals surface area contributed by atoms with Crippen LogP contribution in [0, 0.1) is 17.1 Å². The van der Waals surface area contributed by atoms with Gasteiger partial charge in [0.15, 0.2) is 0 Å². The van der Waals surface area contributed by atoms with Crippen molar-refractivity contribution in [2.75, 3.05) is 12.4 Å². The number of nitriles is 1. The molecule has 0 aliphatic heterocycles. The van der Waals surface area contributed by atoms with E-state index in [4.69, 9.17) is 10.00 Å². The van der Waals surface area contributed by atoms with Crippen LogP contribution in [0.2, 0.25) is 0 Å². The minimum Gasteiger partial charge on any atom is -0.497 e. The fourth-order valence-electron chi connectivity index (χ4n) is 2.13. The smallest absolute Gasteiger partial charge is 0.147 e. The standard InChI is InChI=1S/C17H17FN2O/c1-12(9-13-3-6-15(21-2)7-4-13)20-17-8-5-14(11-19)10-16(17)18/h3-8,10,12,20H,9H2,1-2H3. The molecule has 1 N–H and O–H groups in total. The number of nitrogens with zero attached hydrogens (tertiary/aromatic N) is 1. The Balaban J connectivity index is 2.01. The Bertz CT molecular complexity index is 647. The molecular formula is C17H17FN2O. The maximum atomic E-state index is 13.8. The van der Waals surface area contributed by atoms with Crippen LogP contribution in [-0.4, -0.2) is 13.2 Å². The van der Waals surface area contributed by atoms with Crippen molar-refractivity contribution in [3.05, 3.63) is 59.4 Å². The molecule has 1 unspecified atom stereocenters. The molecule has 0 aliphatic carbocycles. The molecular weight excluding hydrogens is 267 g/mol. The van der Waals surface area contributed by atoms with Crippen LogP contribution in [0.25, 0.3) is 0 Å². The molecule has 0 aliphatic rings. The van der Waals surface area contributed by atoms with Crippen molar-refractivity contribution in [2.45, 2.75) is 19.4 Å². The van der Waals surface area contributed by atoms with Gasteiger partial charge in [0.2, 0.25) is 0 Å². The summed E-state index contributed by atoms with van der Waals surface area (Å²) in [6.07, 6.45) is 0.767. The van der Waals surface area contributed by atoms with Crippen molar-refractivity contribution in [2.24, 2.45) is 0 Å². The van der Waals surface area contributed by atoms with Crippen molar-refractivity contribution >= 4 is 5.69 Å². The summed E-state index contributed by atoms with van der Waals surface area (Å²) in [6.45, 7) is 1.99. The molecule has 0 amide bonds. The van der Waals surface area contributed by atoms with Crippen LogP contribution in [0.3, 0.4) is 0 Å². The second-order valence-corrected chi connectivity index (χ2v) is 4.90. The molecule has 21 heavy (non-hydrogen) atoms. The summed E-state index contributed by atoms with van der Waals surface area (Å²) in [5, 5.41) is 11.8. The second kappa shape index (κ2) is 6.76. The predicted octanol–water partition coefficient (Wildman–Crippen LogP) is 3.75. The highest BCUT2D eigenvalue weighted by Gasteiger charge is 2.08. The quantitative estimate of drug-likeness (QED) is 0.909. The molecule has 108 valence electrons.